The maximum absolute atomic E-state index is 10.9. The van der Waals surface area contributed by atoms with Gasteiger partial charge in [0.2, 0.25) is 0 Å². The van der Waals surface area contributed by atoms with Gasteiger partial charge in [0, 0.05) is 12.0 Å². The number of ketones is 1. The maximum atomic E-state index is 10.9. The molecule has 0 fully saturated rings. The Morgan fingerprint density at radius 2 is 2.21 bits per heavy atom. The number of halogens is 1. The number of aromatic hydroxyl groups is 1. The second kappa shape index (κ2) is 4.33. The van der Waals surface area contributed by atoms with Crippen molar-refractivity contribution in [3.05, 3.63) is 22.7 Å². The van der Waals surface area contributed by atoms with Crippen molar-refractivity contribution in [3.63, 3.8) is 0 Å². The Hall–Kier alpha value is -1.22. The molecule has 0 atom stereocenters. The zero-order chi connectivity index (χ0) is 10.7. The molecule has 76 valence electrons. The van der Waals surface area contributed by atoms with E-state index in [-0.39, 0.29) is 18.0 Å². The van der Waals surface area contributed by atoms with Crippen molar-refractivity contribution in [2.24, 2.45) is 0 Å². The molecule has 1 aromatic rings. The quantitative estimate of drug-likeness (QED) is 0.839. The van der Waals surface area contributed by atoms with Gasteiger partial charge in [-0.1, -0.05) is 11.6 Å². The molecule has 0 aliphatic heterocycles. The summed E-state index contributed by atoms with van der Waals surface area (Å²) < 4.78 is 5.01. The predicted molar refractivity (Wildman–Crippen MR) is 54.1 cm³/mol. The molecule has 1 aromatic carbocycles. The van der Waals surface area contributed by atoms with E-state index in [1.165, 1.54) is 26.2 Å². The molecule has 1 N–H and O–H groups in total. The summed E-state index contributed by atoms with van der Waals surface area (Å²) in [6.45, 7) is 1.44. The van der Waals surface area contributed by atoms with Gasteiger partial charge in [-0.2, -0.15) is 0 Å². The molecule has 0 unspecified atom stereocenters. The summed E-state index contributed by atoms with van der Waals surface area (Å²) >= 11 is 5.84. The van der Waals surface area contributed by atoms with E-state index in [9.17, 15) is 9.90 Å². The maximum Gasteiger partial charge on any atom is 0.144 e. The van der Waals surface area contributed by atoms with E-state index in [0.29, 0.717) is 16.3 Å². The first-order valence-corrected chi connectivity index (χ1v) is 4.47. The van der Waals surface area contributed by atoms with Gasteiger partial charge in [0.25, 0.3) is 0 Å². The minimum atomic E-state index is -0.0548. The van der Waals surface area contributed by atoms with Crippen LogP contribution in [0.4, 0.5) is 0 Å². The Balaban J connectivity index is 3.22. The molecule has 0 amide bonds. The average molecular weight is 215 g/mol. The molecule has 0 heterocycles. The van der Waals surface area contributed by atoms with Crippen LogP contribution >= 0.6 is 11.6 Å². The molecule has 3 nitrogen and oxygen atoms in total. The van der Waals surface area contributed by atoms with E-state index in [4.69, 9.17) is 16.3 Å². The number of Topliss-reactive ketones (excluding diaryl/α,β-unsaturated/α-hetero) is 1. The van der Waals surface area contributed by atoms with Crippen molar-refractivity contribution in [3.8, 4) is 11.5 Å². The first-order valence-electron chi connectivity index (χ1n) is 4.10. The van der Waals surface area contributed by atoms with Crippen LogP contribution in [0.3, 0.4) is 0 Å². The molecular weight excluding hydrogens is 204 g/mol. The third kappa shape index (κ3) is 2.17. The number of benzene rings is 1. The average Bonchev–Trinajstić information content (AvgIpc) is 2.11. The van der Waals surface area contributed by atoms with Gasteiger partial charge in [-0.3, -0.25) is 4.79 Å². The van der Waals surface area contributed by atoms with Gasteiger partial charge in [0.05, 0.1) is 12.1 Å². The van der Waals surface area contributed by atoms with Gasteiger partial charge >= 0.3 is 0 Å². The van der Waals surface area contributed by atoms with Crippen molar-refractivity contribution >= 4 is 17.4 Å². The fraction of sp³-hybridized carbons (Fsp3) is 0.300. The highest BCUT2D eigenvalue weighted by atomic mass is 35.5. The Bertz CT molecular complexity index is 361. The number of carbonyl (C=O) groups excluding carboxylic acids is 1. The van der Waals surface area contributed by atoms with Gasteiger partial charge in [0.1, 0.15) is 17.3 Å². The number of phenols is 1. The number of ether oxygens (including phenoxy) is 1. The Morgan fingerprint density at radius 1 is 1.57 bits per heavy atom. The van der Waals surface area contributed by atoms with Crippen LogP contribution in [0.5, 0.6) is 11.5 Å². The summed E-state index contributed by atoms with van der Waals surface area (Å²) in [6, 6.07) is 2.97. The predicted octanol–water partition coefficient (Wildman–Crippen LogP) is 2.19. The molecule has 0 aliphatic carbocycles. The van der Waals surface area contributed by atoms with Gasteiger partial charge in [0.15, 0.2) is 0 Å². The normalized spacial score (nSPS) is 9.93. The van der Waals surface area contributed by atoms with Crippen LogP contribution in [0.15, 0.2) is 12.1 Å². The highest BCUT2D eigenvalue weighted by Crippen LogP contribution is 2.34. The summed E-state index contributed by atoms with van der Waals surface area (Å²) in [5.41, 5.74) is 0.438. The minimum Gasteiger partial charge on any atom is -0.508 e. The fourth-order valence-electron chi connectivity index (χ4n) is 1.23. The first-order chi connectivity index (χ1) is 6.56. The minimum absolute atomic E-state index is 0.0291. The standard InChI is InChI=1S/C10H11ClO3/c1-6(12)5-7-9(13)4-3-8(11)10(7)14-2/h3-4,13H,5H2,1-2H3. The Kier molecular flexibility index (Phi) is 3.36. The smallest absolute Gasteiger partial charge is 0.144 e. The highest BCUT2D eigenvalue weighted by molar-refractivity contribution is 6.32. The SMILES string of the molecule is COc1c(Cl)ccc(O)c1CC(C)=O. The van der Waals surface area contributed by atoms with Crippen LogP contribution in [-0.2, 0) is 11.2 Å². The molecule has 0 aromatic heterocycles. The molecule has 0 saturated heterocycles. The zero-order valence-electron chi connectivity index (χ0n) is 8.00. The number of hydrogen-bond donors (Lipinski definition) is 1. The molecule has 4 heteroatoms. The van der Waals surface area contributed by atoms with Gasteiger partial charge < -0.3 is 9.84 Å². The summed E-state index contributed by atoms with van der Waals surface area (Å²) in [7, 11) is 1.45. The monoisotopic (exact) mass is 214 g/mol. The topological polar surface area (TPSA) is 46.5 Å². The summed E-state index contributed by atoms with van der Waals surface area (Å²) in [5.74, 6) is 0.337. The Labute approximate surface area is 87.3 Å². The second-order valence-electron chi connectivity index (χ2n) is 2.96. The summed E-state index contributed by atoms with van der Waals surface area (Å²) in [5, 5.41) is 9.90. The molecule has 0 radical (unpaired) electrons. The summed E-state index contributed by atoms with van der Waals surface area (Å²) in [6.07, 6.45) is 0.121. The molecule has 0 spiro atoms. The molecular formula is C10H11ClO3. The van der Waals surface area contributed by atoms with Gasteiger partial charge in [-0.05, 0) is 19.1 Å². The first kappa shape index (κ1) is 10.9. The molecule has 1 rings (SSSR count). The number of methoxy groups -OCH3 is 1. The van der Waals surface area contributed by atoms with Crippen molar-refractivity contribution in [1.82, 2.24) is 0 Å². The lowest BCUT2D eigenvalue weighted by Crippen LogP contribution is -2.00. The third-order valence-corrected chi connectivity index (χ3v) is 2.12. The van der Waals surface area contributed by atoms with Crippen LogP contribution < -0.4 is 4.74 Å². The van der Waals surface area contributed by atoms with Crippen molar-refractivity contribution in [2.45, 2.75) is 13.3 Å². The number of rotatable bonds is 3. The van der Waals surface area contributed by atoms with Crippen LogP contribution in [0.25, 0.3) is 0 Å². The summed E-state index contributed by atoms with van der Waals surface area (Å²) in [4.78, 5) is 10.9. The van der Waals surface area contributed by atoms with Crippen LogP contribution in [0.1, 0.15) is 12.5 Å². The van der Waals surface area contributed by atoms with Gasteiger partial charge in [-0.25, -0.2) is 0 Å². The van der Waals surface area contributed by atoms with E-state index in [0.717, 1.165) is 0 Å². The lowest BCUT2D eigenvalue weighted by molar-refractivity contribution is -0.116. The molecule has 14 heavy (non-hydrogen) atoms. The van der Waals surface area contributed by atoms with Crippen molar-refractivity contribution in [1.29, 1.82) is 0 Å². The van der Waals surface area contributed by atoms with E-state index in [2.05, 4.69) is 0 Å². The van der Waals surface area contributed by atoms with E-state index in [1.807, 2.05) is 0 Å². The lowest BCUT2D eigenvalue weighted by Gasteiger charge is -2.10. The van der Waals surface area contributed by atoms with Gasteiger partial charge in [-0.15, -0.1) is 0 Å². The zero-order valence-corrected chi connectivity index (χ0v) is 8.76. The van der Waals surface area contributed by atoms with E-state index in [1.54, 1.807) is 0 Å². The van der Waals surface area contributed by atoms with Crippen molar-refractivity contribution < 1.29 is 14.6 Å². The van der Waals surface area contributed by atoms with E-state index < -0.39 is 0 Å². The third-order valence-electron chi connectivity index (χ3n) is 1.82. The Morgan fingerprint density at radius 3 is 2.71 bits per heavy atom. The van der Waals surface area contributed by atoms with Crippen molar-refractivity contribution in [2.75, 3.05) is 7.11 Å². The van der Waals surface area contributed by atoms with Crippen LogP contribution in [0.2, 0.25) is 5.02 Å². The van der Waals surface area contributed by atoms with Crippen LogP contribution in [-0.4, -0.2) is 18.0 Å². The van der Waals surface area contributed by atoms with E-state index >= 15 is 0 Å². The lowest BCUT2D eigenvalue weighted by atomic mass is 10.1. The number of phenolic OH excluding ortho intramolecular Hbond substituents is 1. The second-order valence-corrected chi connectivity index (χ2v) is 3.36. The number of hydrogen-bond acceptors (Lipinski definition) is 3. The molecule has 0 saturated carbocycles. The fourth-order valence-corrected chi connectivity index (χ4v) is 1.48. The molecule has 0 aliphatic rings. The number of carbonyl (C=O) groups is 1. The van der Waals surface area contributed by atoms with Crippen LogP contribution in [0, 0.1) is 0 Å². The molecule has 0 bridgehead atoms. The highest BCUT2D eigenvalue weighted by Gasteiger charge is 2.13. The largest absolute Gasteiger partial charge is 0.508 e.